The largest absolute Gasteiger partial charge is 0.454 e. The third-order valence-corrected chi connectivity index (χ3v) is 7.86. The third kappa shape index (κ3) is 13.2. The molecule has 0 radical (unpaired) electrons. The van der Waals surface area contributed by atoms with Crippen molar-refractivity contribution in [3.63, 3.8) is 0 Å². The van der Waals surface area contributed by atoms with Gasteiger partial charge in [0.05, 0.1) is 6.54 Å². The number of fused-ring (bicyclic) bond motifs is 1. The van der Waals surface area contributed by atoms with Crippen LogP contribution in [0.15, 0.2) is 48.3 Å². The van der Waals surface area contributed by atoms with Crippen LogP contribution in [0.4, 0.5) is 0 Å². The number of Topliss-reactive ketones (excluding diaryl/α,β-unsaturated/α-hetero) is 1. The molecule has 2 aliphatic heterocycles. The lowest BCUT2D eigenvalue weighted by atomic mass is 9.91. The summed E-state index contributed by atoms with van der Waals surface area (Å²) in [4.78, 5) is 18.2. The fourth-order valence-corrected chi connectivity index (χ4v) is 5.84. The third-order valence-electron chi connectivity index (χ3n) is 7.86. The zero-order chi connectivity index (χ0) is 31.6. The van der Waals surface area contributed by atoms with E-state index < -0.39 is 0 Å². The van der Waals surface area contributed by atoms with E-state index in [1.54, 1.807) is 6.92 Å². The minimum absolute atomic E-state index is 0.0237. The van der Waals surface area contributed by atoms with E-state index in [4.69, 9.17) is 15.2 Å². The van der Waals surface area contributed by atoms with Crippen LogP contribution in [0.1, 0.15) is 122 Å². The zero-order valence-electron chi connectivity index (χ0n) is 28.2. The van der Waals surface area contributed by atoms with Crippen molar-refractivity contribution in [2.45, 2.75) is 131 Å². The van der Waals surface area contributed by atoms with Gasteiger partial charge in [-0.25, -0.2) is 0 Å². The number of aromatic nitrogens is 1. The van der Waals surface area contributed by atoms with E-state index in [-0.39, 0.29) is 11.8 Å². The van der Waals surface area contributed by atoms with Gasteiger partial charge in [-0.3, -0.25) is 14.7 Å². The fourth-order valence-electron chi connectivity index (χ4n) is 5.84. The number of hydrogen-bond acceptors (Lipinski definition) is 6. The Labute approximate surface area is 262 Å². The lowest BCUT2D eigenvalue weighted by Gasteiger charge is -2.24. The van der Waals surface area contributed by atoms with Crippen LogP contribution in [0.25, 0.3) is 0 Å². The number of carbonyl (C=O) groups is 1. The Bertz CT molecular complexity index is 1100. The minimum atomic E-state index is 0.0237. The summed E-state index contributed by atoms with van der Waals surface area (Å²) >= 11 is 0. The molecule has 2 unspecified atom stereocenters. The van der Waals surface area contributed by atoms with E-state index in [9.17, 15) is 4.79 Å². The Balaban J connectivity index is 0.000000353. The van der Waals surface area contributed by atoms with Crippen LogP contribution in [0, 0.1) is 0 Å². The minimum Gasteiger partial charge on any atom is -0.454 e. The van der Waals surface area contributed by atoms with Crippen molar-refractivity contribution < 1.29 is 14.3 Å². The molecule has 4 rings (SSSR count). The number of benzene rings is 1. The molecule has 2 aliphatic rings. The van der Waals surface area contributed by atoms with Crippen molar-refractivity contribution in [1.82, 2.24) is 9.88 Å². The first-order valence-electron chi connectivity index (χ1n) is 16.7. The van der Waals surface area contributed by atoms with Gasteiger partial charge in [0.15, 0.2) is 11.5 Å². The summed E-state index contributed by atoms with van der Waals surface area (Å²) in [7, 11) is 0. The lowest BCUT2D eigenvalue weighted by Crippen LogP contribution is -2.37. The quantitative estimate of drug-likeness (QED) is 0.235. The highest BCUT2D eigenvalue weighted by Gasteiger charge is 2.35. The molecule has 2 aromatic rings. The van der Waals surface area contributed by atoms with Crippen molar-refractivity contribution in [1.29, 1.82) is 0 Å². The SMILES string of the molecule is CCCCC.CCCCc1cccnc1.CCCc1cc(C2C[C@H](CC(N)C=C(C)C)N(CC(C)=O)C2)cc2c1OCO2. The fraction of sp³-hybridized carbons (Fsp3) is 0.622. The van der Waals surface area contributed by atoms with Crippen molar-refractivity contribution in [3.8, 4) is 11.5 Å². The number of ether oxygens (including phenoxy) is 2. The summed E-state index contributed by atoms with van der Waals surface area (Å²) in [5.41, 5.74) is 11.5. The Morgan fingerprint density at radius 3 is 2.37 bits per heavy atom. The van der Waals surface area contributed by atoms with E-state index in [2.05, 4.69) is 75.7 Å². The molecular formula is C37H59N3O3. The Kier molecular flexibility index (Phi) is 17.2. The predicted octanol–water partition coefficient (Wildman–Crippen LogP) is 8.42. The molecule has 1 aromatic carbocycles. The van der Waals surface area contributed by atoms with Crippen LogP contribution in [-0.4, -0.2) is 47.6 Å². The standard InChI is InChI=1S/C23H34N2O3.C9H13N.C5H12/c1-5-6-17-8-18(10-22-23(17)28-14-27-22)19-9-21(11-20(24)7-15(2)3)25(13-19)12-16(4)26;1-2-3-5-9-6-4-7-10-8-9;1-3-5-4-2/h7-8,10,19-21H,5-6,9,11-14,24H2,1-4H3;4,6-8H,2-3,5H2,1H3;3-5H2,1-2H3/t19?,20?,21-;;/m1../s1. The first kappa shape index (κ1) is 36.5. The molecule has 0 spiro atoms. The highest BCUT2D eigenvalue weighted by Crippen LogP contribution is 2.42. The van der Waals surface area contributed by atoms with Gasteiger partial charge in [-0.1, -0.05) is 83.6 Å². The van der Waals surface area contributed by atoms with Crippen LogP contribution in [-0.2, 0) is 17.6 Å². The second-order valence-corrected chi connectivity index (χ2v) is 12.3. The second-order valence-electron chi connectivity index (χ2n) is 12.3. The van der Waals surface area contributed by atoms with Crippen LogP contribution in [0.5, 0.6) is 11.5 Å². The first-order valence-corrected chi connectivity index (χ1v) is 16.7. The number of hydrogen-bond donors (Lipinski definition) is 1. The lowest BCUT2D eigenvalue weighted by molar-refractivity contribution is -0.118. The number of nitrogens with zero attached hydrogens (tertiary/aromatic N) is 2. The van der Waals surface area contributed by atoms with Gasteiger partial charge in [0.1, 0.15) is 5.78 Å². The van der Waals surface area contributed by atoms with Gasteiger partial charge >= 0.3 is 0 Å². The molecule has 2 N–H and O–H groups in total. The average molecular weight is 594 g/mol. The Morgan fingerprint density at radius 1 is 1.05 bits per heavy atom. The zero-order valence-corrected chi connectivity index (χ0v) is 28.2. The number of rotatable bonds is 13. The molecule has 0 amide bonds. The molecule has 240 valence electrons. The molecule has 0 saturated carbocycles. The summed E-state index contributed by atoms with van der Waals surface area (Å²) in [6.07, 6.45) is 17.6. The number of nitrogens with two attached hydrogens (primary N) is 1. The van der Waals surface area contributed by atoms with Crippen molar-refractivity contribution in [2.24, 2.45) is 5.73 Å². The van der Waals surface area contributed by atoms with Gasteiger partial charge in [0.25, 0.3) is 0 Å². The van der Waals surface area contributed by atoms with Gasteiger partial charge in [0.2, 0.25) is 6.79 Å². The van der Waals surface area contributed by atoms with Crippen LogP contribution < -0.4 is 15.2 Å². The highest BCUT2D eigenvalue weighted by molar-refractivity contribution is 5.77. The molecule has 1 aromatic heterocycles. The van der Waals surface area contributed by atoms with Gasteiger partial charge in [-0.15, -0.1) is 0 Å². The number of aryl methyl sites for hydroxylation is 2. The Morgan fingerprint density at radius 2 is 1.79 bits per heavy atom. The molecule has 1 fully saturated rings. The number of pyridine rings is 1. The molecule has 0 bridgehead atoms. The predicted molar refractivity (Wildman–Crippen MR) is 180 cm³/mol. The monoisotopic (exact) mass is 593 g/mol. The molecule has 43 heavy (non-hydrogen) atoms. The maximum Gasteiger partial charge on any atom is 0.231 e. The van der Waals surface area contributed by atoms with Gasteiger partial charge in [0, 0.05) is 31.0 Å². The van der Waals surface area contributed by atoms with Gasteiger partial charge in [-0.05, 0) is 87.6 Å². The second kappa shape index (κ2) is 20.3. The summed E-state index contributed by atoms with van der Waals surface area (Å²) in [5.74, 6) is 2.36. The van der Waals surface area contributed by atoms with E-state index in [0.29, 0.717) is 25.3 Å². The number of likely N-dealkylation sites (tertiary alicyclic amines) is 1. The molecule has 6 nitrogen and oxygen atoms in total. The van der Waals surface area contributed by atoms with Gasteiger partial charge < -0.3 is 15.2 Å². The topological polar surface area (TPSA) is 77.7 Å². The number of ketones is 1. The van der Waals surface area contributed by atoms with Crippen molar-refractivity contribution in [2.75, 3.05) is 19.9 Å². The van der Waals surface area contributed by atoms with Crippen LogP contribution >= 0.6 is 0 Å². The number of unbranched alkanes of at least 4 members (excludes halogenated alkanes) is 3. The Hall–Kier alpha value is -2.70. The van der Waals surface area contributed by atoms with Gasteiger partial charge in [-0.2, -0.15) is 0 Å². The van der Waals surface area contributed by atoms with Crippen LogP contribution in [0.2, 0.25) is 0 Å². The molecule has 0 aliphatic carbocycles. The van der Waals surface area contributed by atoms with Crippen molar-refractivity contribution >= 4 is 5.78 Å². The average Bonchev–Trinajstić information content (AvgIpc) is 3.60. The molecular weight excluding hydrogens is 534 g/mol. The van der Waals surface area contributed by atoms with E-state index in [1.807, 2.05) is 18.5 Å². The summed E-state index contributed by atoms with van der Waals surface area (Å²) < 4.78 is 11.4. The van der Waals surface area contributed by atoms with Crippen molar-refractivity contribution in [3.05, 3.63) is 65.0 Å². The highest BCUT2D eigenvalue weighted by atomic mass is 16.7. The molecule has 6 heteroatoms. The van der Waals surface area contributed by atoms with E-state index >= 15 is 0 Å². The van der Waals surface area contributed by atoms with Crippen LogP contribution in [0.3, 0.4) is 0 Å². The molecule has 3 atom stereocenters. The van der Waals surface area contributed by atoms with E-state index in [0.717, 1.165) is 43.7 Å². The van der Waals surface area contributed by atoms with E-state index in [1.165, 1.54) is 60.8 Å². The normalized spacial score (nSPS) is 17.8. The maximum atomic E-state index is 11.8. The molecule has 1 saturated heterocycles. The summed E-state index contributed by atoms with van der Waals surface area (Å²) in [6.45, 7) is 16.3. The molecule has 3 heterocycles. The number of allylic oxidation sites excluding steroid dienone is 1. The summed E-state index contributed by atoms with van der Waals surface area (Å²) in [6, 6.07) is 8.88. The number of carbonyl (C=O) groups excluding carboxylic acids is 1. The smallest absolute Gasteiger partial charge is 0.231 e. The first-order chi connectivity index (χ1) is 20.7. The maximum absolute atomic E-state index is 11.8. The summed E-state index contributed by atoms with van der Waals surface area (Å²) in [5, 5.41) is 0.